The Morgan fingerprint density at radius 2 is 1.75 bits per heavy atom. The van der Waals surface area contributed by atoms with Gasteiger partial charge >= 0.3 is 6.03 Å². The molecule has 2 N–H and O–H groups in total. The van der Waals surface area contributed by atoms with E-state index in [4.69, 9.17) is 4.74 Å². The van der Waals surface area contributed by atoms with Crippen molar-refractivity contribution in [3.63, 3.8) is 0 Å². The lowest BCUT2D eigenvalue weighted by Gasteiger charge is -2.17. The highest BCUT2D eigenvalue weighted by Crippen LogP contribution is 2.19. The zero-order chi connectivity index (χ0) is 17.5. The van der Waals surface area contributed by atoms with E-state index < -0.39 is 12.3 Å². The molecule has 0 bridgehead atoms. The molecule has 0 aliphatic heterocycles. The number of carbonyl (C=O) groups is 1. The molecule has 5 heteroatoms. The van der Waals surface area contributed by atoms with Crippen LogP contribution in [-0.2, 0) is 6.54 Å². The van der Waals surface area contributed by atoms with Gasteiger partial charge in [-0.2, -0.15) is 0 Å². The van der Waals surface area contributed by atoms with E-state index in [1.54, 1.807) is 25.1 Å². The normalized spacial score (nSPS) is 11.9. The number of nitrogens with one attached hydrogen (secondary N) is 2. The van der Waals surface area contributed by atoms with Crippen molar-refractivity contribution in [2.45, 2.75) is 39.5 Å². The molecule has 0 aliphatic carbocycles. The summed E-state index contributed by atoms with van der Waals surface area (Å²) in [4.78, 5) is 11.8. The molecule has 2 amide bonds. The Bertz CT molecular complexity index is 671. The molecular weight excluding hydrogens is 307 g/mol. The third kappa shape index (κ3) is 5.26. The van der Waals surface area contributed by atoms with Crippen LogP contribution in [0.3, 0.4) is 0 Å². The number of halogens is 1. The second-order valence-electron chi connectivity index (χ2n) is 5.90. The molecule has 2 aromatic carbocycles. The van der Waals surface area contributed by atoms with E-state index in [9.17, 15) is 9.18 Å². The highest BCUT2D eigenvalue weighted by Gasteiger charge is 2.09. The second kappa shape index (κ2) is 8.34. The van der Waals surface area contributed by atoms with Crippen molar-refractivity contribution in [1.82, 2.24) is 10.6 Å². The summed E-state index contributed by atoms with van der Waals surface area (Å²) in [6, 6.07) is 13.7. The number of hydrogen-bond donors (Lipinski definition) is 2. The van der Waals surface area contributed by atoms with E-state index in [2.05, 4.69) is 24.5 Å². The lowest BCUT2D eigenvalue weighted by atomic mass is 10.0. The van der Waals surface area contributed by atoms with Crippen LogP contribution in [0.4, 0.5) is 9.18 Å². The lowest BCUT2D eigenvalue weighted by Crippen LogP contribution is -2.43. The molecule has 4 nitrogen and oxygen atoms in total. The zero-order valence-electron chi connectivity index (χ0n) is 14.2. The van der Waals surface area contributed by atoms with Crippen LogP contribution in [0.25, 0.3) is 0 Å². The van der Waals surface area contributed by atoms with Crippen molar-refractivity contribution < 1.29 is 13.9 Å². The highest BCUT2D eigenvalue weighted by atomic mass is 19.1. The SMILES string of the molecule is CC(NC(=O)NCc1ccccc1F)Oc1ccc(C(C)C)cc1. The number of hydrogen-bond acceptors (Lipinski definition) is 2. The number of carbonyl (C=O) groups excluding carboxylic acids is 1. The Balaban J connectivity index is 1.80. The maximum atomic E-state index is 13.5. The predicted molar refractivity (Wildman–Crippen MR) is 92.4 cm³/mol. The van der Waals surface area contributed by atoms with Crippen LogP contribution in [0.5, 0.6) is 5.75 Å². The number of amides is 2. The summed E-state index contributed by atoms with van der Waals surface area (Å²) < 4.78 is 19.1. The van der Waals surface area contributed by atoms with E-state index in [1.807, 2.05) is 24.3 Å². The van der Waals surface area contributed by atoms with E-state index in [0.717, 1.165) is 0 Å². The maximum absolute atomic E-state index is 13.5. The zero-order valence-corrected chi connectivity index (χ0v) is 14.2. The van der Waals surface area contributed by atoms with Crippen LogP contribution in [0.1, 0.15) is 37.8 Å². The van der Waals surface area contributed by atoms with Gasteiger partial charge in [-0.25, -0.2) is 9.18 Å². The number of rotatable bonds is 6. The van der Waals surface area contributed by atoms with Gasteiger partial charge in [-0.3, -0.25) is 0 Å². The smallest absolute Gasteiger partial charge is 0.317 e. The predicted octanol–water partition coefficient (Wildman–Crippen LogP) is 4.17. The molecule has 1 atom stereocenters. The number of ether oxygens (including phenoxy) is 1. The van der Waals surface area contributed by atoms with Gasteiger partial charge in [-0.1, -0.05) is 44.2 Å². The first-order valence-corrected chi connectivity index (χ1v) is 8.00. The van der Waals surface area contributed by atoms with E-state index in [1.165, 1.54) is 11.6 Å². The first-order chi connectivity index (χ1) is 11.5. The first kappa shape index (κ1) is 17.8. The Morgan fingerprint density at radius 1 is 1.08 bits per heavy atom. The fraction of sp³-hybridized carbons (Fsp3) is 0.316. The fourth-order valence-electron chi connectivity index (χ4n) is 2.22. The molecule has 1 unspecified atom stereocenters. The largest absolute Gasteiger partial charge is 0.471 e. The minimum Gasteiger partial charge on any atom is -0.471 e. The second-order valence-corrected chi connectivity index (χ2v) is 5.90. The molecule has 0 radical (unpaired) electrons. The molecule has 0 spiro atoms. The van der Waals surface area contributed by atoms with Gasteiger partial charge in [0.25, 0.3) is 0 Å². The van der Waals surface area contributed by atoms with E-state index in [0.29, 0.717) is 17.2 Å². The van der Waals surface area contributed by atoms with Gasteiger partial charge in [0.1, 0.15) is 11.6 Å². The van der Waals surface area contributed by atoms with Crippen molar-refractivity contribution >= 4 is 6.03 Å². The van der Waals surface area contributed by atoms with Crippen LogP contribution in [0.15, 0.2) is 48.5 Å². The van der Waals surface area contributed by atoms with Crippen LogP contribution >= 0.6 is 0 Å². The summed E-state index contributed by atoms with van der Waals surface area (Å²) >= 11 is 0. The monoisotopic (exact) mass is 330 g/mol. The third-order valence-corrected chi connectivity index (χ3v) is 3.59. The minimum atomic E-state index is -0.504. The fourth-order valence-corrected chi connectivity index (χ4v) is 2.22. The molecule has 2 aromatic rings. The summed E-state index contributed by atoms with van der Waals surface area (Å²) in [5.41, 5.74) is 1.66. The highest BCUT2D eigenvalue weighted by molar-refractivity contribution is 5.74. The molecule has 0 saturated carbocycles. The lowest BCUT2D eigenvalue weighted by molar-refractivity contribution is 0.177. The van der Waals surface area contributed by atoms with Gasteiger partial charge in [-0.05, 0) is 36.6 Å². The van der Waals surface area contributed by atoms with Crippen LogP contribution in [0.2, 0.25) is 0 Å². The molecule has 0 aliphatic rings. The van der Waals surface area contributed by atoms with E-state index >= 15 is 0 Å². The third-order valence-electron chi connectivity index (χ3n) is 3.59. The topological polar surface area (TPSA) is 50.4 Å². The Hall–Kier alpha value is -2.56. The summed E-state index contributed by atoms with van der Waals surface area (Å²) in [5.74, 6) is 0.799. The minimum absolute atomic E-state index is 0.119. The average molecular weight is 330 g/mol. The first-order valence-electron chi connectivity index (χ1n) is 8.00. The summed E-state index contributed by atoms with van der Waals surface area (Å²) in [7, 11) is 0. The van der Waals surface area contributed by atoms with Crippen molar-refractivity contribution in [3.8, 4) is 5.75 Å². The molecule has 24 heavy (non-hydrogen) atoms. The Labute approximate surface area is 142 Å². The Kier molecular flexibility index (Phi) is 6.18. The quantitative estimate of drug-likeness (QED) is 0.781. The molecule has 0 saturated heterocycles. The van der Waals surface area contributed by atoms with Crippen molar-refractivity contribution in [2.24, 2.45) is 0 Å². The van der Waals surface area contributed by atoms with Crippen LogP contribution in [-0.4, -0.2) is 12.3 Å². The van der Waals surface area contributed by atoms with Gasteiger partial charge in [0.05, 0.1) is 0 Å². The van der Waals surface area contributed by atoms with Gasteiger partial charge in [-0.15, -0.1) is 0 Å². The van der Waals surface area contributed by atoms with Gasteiger partial charge < -0.3 is 15.4 Å². The molecule has 128 valence electrons. The number of benzene rings is 2. The van der Waals surface area contributed by atoms with Crippen LogP contribution in [0, 0.1) is 5.82 Å². The van der Waals surface area contributed by atoms with Crippen molar-refractivity contribution in [2.75, 3.05) is 0 Å². The van der Waals surface area contributed by atoms with Gasteiger partial charge in [0.2, 0.25) is 0 Å². The standard InChI is InChI=1S/C19H23FN2O2/c1-13(2)15-8-10-17(11-9-15)24-14(3)22-19(23)21-12-16-6-4-5-7-18(16)20/h4-11,13-14H,12H2,1-3H3,(H2,21,22,23). The maximum Gasteiger partial charge on any atom is 0.317 e. The number of urea groups is 1. The van der Waals surface area contributed by atoms with Gasteiger partial charge in [0.15, 0.2) is 6.23 Å². The Morgan fingerprint density at radius 3 is 2.38 bits per heavy atom. The van der Waals surface area contributed by atoms with Gasteiger partial charge in [0, 0.05) is 12.1 Å². The van der Waals surface area contributed by atoms with E-state index in [-0.39, 0.29) is 12.4 Å². The summed E-state index contributed by atoms with van der Waals surface area (Å²) in [5, 5.41) is 5.27. The van der Waals surface area contributed by atoms with Crippen molar-refractivity contribution in [1.29, 1.82) is 0 Å². The summed E-state index contributed by atoms with van der Waals surface area (Å²) in [6.07, 6.45) is -0.504. The molecular formula is C19H23FN2O2. The molecule has 0 aromatic heterocycles. The summed E-state index contributed by atoms with van der Waals surface area (Å²) in [6.45, 7) is 6.10. The van der Waals surface area contributed by atoms with Crippen molar-refractivity contribution in [3.05, 3.63) is 65.5 Å². The molecule has 0 heterocycles. The molecule has 2 rings (SSSR count). The van der Waals surface area contributed by atoms with Crippen LogP contribution < -0.4 is 15.4 Å². The molecule has 0 fully saturated rings. The average Bonchev–Trinajstić information content (AvgIpc) is 2.54.